The van der Waals surface area contributed by atoms with E-state index in [4.69, 9.17) is 9.84 Å². The Morgan fingerprint density at radius 2 is 1.64 bits per heavy atom. The van der Waals surface area contributed by atoms with Crippen LogP contribution in [0.5, 0.6) is 5.75 Å². The maximum Gasteiger partial charge on any atom is 0.341 e. The number of amides is 1. The van der Waals surface area contributed by atoms with E-state index in [2.05, 4.69) is 5.32 Å². The highest BCUT2D eigenvalue weighted by molar-refractivity contribution is 5.98. The molecule has 0 aliphatic heterocycles. The molecule has 0 aliphatic rings. The SMILES string of the molecule is O=C(O)COc1ccc(CNC(=O)c2ccc3ccccc3c2)cc1. The van der Waals surface area contributed by atoms with Gasteiger partial charge >= 0.3 is 5.97 Å². The van der Waals surface area contributed by atoms with Crippen molar-refractivity contribution >= 4 is 22.6 Å². The summed E-state index contributed by atoms with van der Waals surface area (Å²) in [7, 11) is 0. The minimum atomic E-state index is -1.02. The normalized spacial score (nSPS) is 10.4. The minimum Gasteiger partial charge on any atom is -0.482 e. The van der Waals surface area contributed by atoms with E-state index in [1.165, 1.54) is 0 Å². The lowest BCUT2D eigenvalue weighted by molar-refractivity contribution is -0.139. The van der Waals surface area contributed by atoms with Crippen molar-refractivity contribution < 1.29 is 19.4 Å². The van der Waals surface area contributed by atoms with E-state index in [1.807, 2.05) is 36.4 Å². The van der Waals surface area contributed by atoms with Gasteiger partial charge in [0.05, 0.1) is 0 Å². The summed E-state index contributed by atoms with van der Waals surface area (Å²) >= 11 is 0. The van der Waals surface area contributed by atoms with Crippen LogP contribution >= 0.6 is 0 Å². The third-order valence-electron chi connectivity index (χ3n) is 3.75. The zero-order valence-corrected chi connectivity index (χ0v) is 13.4. The van der Waals surface area contributed by atoms with Crippen molar-refractivity contribution in [2.75, 3.05) is 6.61 Å². The van der Waals surface area contributed by atoms with Crippen LogP contribution in [0.4, 0.5) is 0 Å². The Kier molecular flexibility index (Phi) is 4.95. The fourth-order valence-corrected chi connectivity index (χ4v) is 2.46. The van der Waals surface area contributed by atoms with Gasteiger partial charge in [-0.1, -0.05) is 42.5 Å². The van der Waals surface area contributed by atoms with Crippen molar-refractivity contribution in [3.05, 3.63) is 77.9 Å². The molecule has 3 rings (SSSR count). The predicted molar refractivity (Wildman–Crippen MR) is 94.7 cm³/mol. The van der Waals surface area contributed by atoms with Gasteiger partial charge < -0.3 is 15.2 Å². The molecule has 0 aliphatic carbocycles. The summed E-state index contributed by atoms with van der Waals surface area (Å²) in [5.41, 5.74) is 1.51. The highest BCUT2D eigenvalue weighted by atomic mass is 16.5. The van der Waals surface area contributed by atoms with Gasteiger partial charge in [0.1, 0.15) is 5.75 Å². The van der Waals surface area contributed by atoms with Crippen LogP contribution in [0.15, 0.2) is 66.7 Å². The molecule has 25 heavy (non-hydrogen) atoms. The Bertz CT molecular complexity index is 903. The van der Waals surface area contributed by atoms with Gasteiger partial charge in [-0.15, -0.1) is 0 Å². The number of carbonyl (C=O) groups excluding carboxylic acids is 1. The van der Waals surface area contributed by atoms with E-state index >= 15 is 0 Å². The standard InChI is InChI=1S/C20H17NO4/c22-19(23)13-25-18-9-5-14(6-10-18)12-21-20(24)17-8-7-15-3-1-2-4-16(15)11-17/h1-11H,12-13H2,(H,21,24)(H,22,23). The Hall–Kier alpha value is -3.34. The molecule has 126 valence electrons. The number of nitrogens with one attached hydrogen (secondary N) is 1. The van der Waals surface area contributed by atoms with Gasteiger partial charge in [-0.25, -0.2) is 4.79 Å². The third-order valence-corrected chi connectivity index (χ3v) is 3.75. The van der Waals surface area contributed by atoms with Crippen LogP contribution in [0.2, 0.25) is 0 Å². The second kappa shape index (κ2) is 7.49. The maximum absolute atomic E-state index is 12.3. The van der Waals surface area contributed by atoms with Gasteiger partial charge in [0.2, 0.25) is 0 Å². The molecule has 5 heteroatoms. The van der Waals surface area contributed by atoms with Gasteiger partial charge in [0.25, 0.3) is 5.91 Å². The van der Waals surface area contributed by atoms with Crippen LogP contribution in [0.25, 0.3) is 10.8 Å². The first kappa shape index (κ1) is 16.5. The summed E-state index contributed by atoms with van der Waals surface area (Å²) in [6.07, 6.45) is 0. The van der Waals surface area contributed by atoms with Crippen molar-refractivity contribution in [1.82, 2.24) is 5.32 Å². The quantitative estimate of drug-likeness (QED) is 0.725. The Morgan fingerprint density at radius 3 is 2.36 bits per heavy atom. The summed E-state index contributed by atoms with van der Waals surface area (Å²) in [4.78, 5) is 22.8. The second-order valence-corrected chi connectivity index (χ2v) is 5.57. The molecule has 0 unspecified atom stereocenters. The molecule has 0 bridgehead atoms. The van der Waals surface area contributed by atoms with E-state index < -0.39 is 5.97 Å². The Morgan fingerprint density at radius 1 is 0.920 bits per heavy atom. The average molecular weight is 335 g/mol. The van der Waals surface area contributed by atoms with Crippen molar-refractivity contribution in [2.24, 2.45) is 0 Å². The van der Waals surface area contributed by atoms with Crippen LogP contribution < -0.4 is 10.1 Å². The summed E-state index contributed by atoms with van der Waals surface area (Å²) in [6.45, 7) is 0.00289. The molecule has 0 saturated heterocycles. The van der Waals surface area contributed by atoms with Crippen LogP contribution in [-0.2, 0) is 11.3 Å². The monoisotopic (exact) mass is 335 g/mol. The summed E-state index contributed by atoms with van der Waals surface area (Å²) in [6, 6.07) is 20.4. The molecular formula is C20H17NO4. The zero-order valence-electron chi connectivity index (χ0n) is 13.4. The first-order valence-electron chi connectivity index (χ1n) is 7.82. The van der Waals surface area contributed by atoms with E-state index in [-0.39, 0.29) is 12.5 Å². The minimum absolute atomic E-state index is 0.142. The van der Waals surface area contributed by atoms with E-state index in [0.717, 1.165) is 16.3 Å². The third kappa shape index (κ3) is 4.35. The van der Waals surface area contributed by atoms with Crippen molar-refractivity contribution in [3.63, 3.8) is 0 Å². The van der Waals surface area contributed by atoms with Crippen LogP contribution in [-0.4, -0.2) is 23.6 Å². The molecule has 0 radical (unpaired) electrons. The number of carboxylic acid groups (broad SMARTS) is 1. The Balaban J connectivity index is 1.60. The highest BCUT2D eigenvalue weighted by Crippen LogP contribution is 2.16. The lowest BCUT2D eigenvalue weighted by Crippen LogP contribution is -2.22. The molecule has 2 N–H and O–H groups in total. The molecule has 0 fully saturated rings. The second-order valence-electron chi connectivity index (χ2n) is 5.57. The van der Waals surface area contributed by atoms with E-state index in [1.54, 1.807) is 30.3 Å². The molecule has 1 amide bonds. The number of aliphatic carboxylic acids is 1. The zero-order chi connectivity index (χ0) is 17.6. The number of hydrogen-bond donors (Lipinski definition) is 2. The molecule has 5 nitrogen and oxygen atoms in total. The molecule has 0 spiro atoms. The maximum atomic E-state index is 12.3. The molecule has 3 aromatic rings. The number of hydrogen-bond acceptors (Lipinski definition) is 3. The van der Waals surface area contributed by atoms with Gasteiger partial charge in [0, 0.05) is 12.1 Å². The Labute approximate surface area is 144 Å². The van der Waals surface area contributed by atoms with Crippen LogP contribution in [0.1, 0.15) is 15.9 Å². The van der Waals surface area contributed by atoms with Gasteiger partial charge in [0.15, 0.2) is 6.61 Å². The first-order chi connectivity index (χ1) is 12.1. The first-order valence-corrected chi connectivity index (χ1v) is 7.82. The van der Waals surface area contributed by atoms with Gasteiger partial charge in [-0.05, 0) is 40.6 Å². The number of carbonyl (C=O) groups is 2. The fraction of sp³-hybridized carbons (Fsp3) is 0.100. The summed E-state index contributed by atoms with van der Waals surface area (Å²) in [5.74, 6) is -0.685. The van der Waals surface area contributed by atoms with Gasteiger partial charge in [-0.3, -0.25) is 4.79 Å². The molecular weight excluding hydrogens is 318 g/mol. The molecule has 0 heterocycles. The predicted octanol–water partition coefficient (Wildman–Crippen LogP) is 3.23. The van der Waals surface area contributed by atoms with Crippen molar-refractivity contribution in [2.45, 2.75) is 6.54 Å². The molecule has 0 atom stereocenters. The van der Waals surface area contributed by atoms with Crippen LogP contribution in [0.3, 0.4) is 0 Å². The number of fused-ring (bicyclic) bond motifs is 1. The molecule has 0 saturated carbocycles. The largest absolute Gasteiger partial charge is 0.482 e. The molecule has 3 aromatic carbocycles. The van der Waals surface area contributed by atoms with Crippen molar-refractivity contribution in [1.29, 1.82) is 0 Å². The van der Waals surface area contributed by atoms with Crippen LogP contribution in [0, 0.1) is 0 Å². The number of carboxylic acids is 1. The van der Waals surface area contributed by atoms with E-state index in [9.17, 15) is 9.59 Å². The number of benzene rings is 3. The summed E-state index contributed by atoms with van der Waals surface area (Å²) in [5, 5.41) is 13.6. The topological polar surface area (TPSA) is 75.6 Å². The summed E-state index contributed by atoms with van der Waals surface area (Å²) < 4.78 is 5.07. The average Bonchev–Trinajstić information content (AvgIpc) is 2.64. The lowest BCUT2D eigenvalue weighted by atomic mass is 10.1. The smallest absolute Gasteiger partial charge is 0.341 e. The highest BCUT2D eigenvalue weighted by Gasteiger charge is 2.06. The fourth-order valence-electron chi connectivity index (χ4n) is 2.46. The lowest BCUT2D eigenvalue weighted by Gasteiger charge is -2.08. The van der Waals surface area contributed by atoms with Crippen molar-refractivity contribution in [3.8, 4) is 5.75 Å². The van der Waals surface area contributed by atoms with Gasteiger partial charge in [-0.2, -0.15) is 0 Å². The molecule has 0 aromatic heterocycles. The van der Waals surface area contributed by atoms with E-state index in [0.29, 0.717) is 17.9 Å². The number of rotatable bonds is 6. The number of ether oxygens (including phenoxy) is 1.